The summed E-state index contributed by atoms with van der Waals surface area (Å²) in [6.45, 7) is 3.31. The van der Waals surface area contributed by atoms with Gasteiger partial charge in [0.05, 0.1) is 16.2 Å². The van der Waals surface area contributed by atoms with E-state index in [-0.39, 0.29) is 28.1 Å². The summed E-state index contributed by atoms with van der Waals surface area (Å²) in [5, 5.41) is 10.5. The smallest absolute Gasteiger partial charge is 0.417 e. The lowest BCUT2D eigenvalue weighted by Gasteiger charge is -2.29. The highest BCUT2D eigenvalue weighted by Crippen LogP contribution is 2.40. The molecule has 0 radical (unpaired) electrons. The topological polar surface area (TPSA) is 46.5 Å². The molecule has 1 atom stereocenters. The van der Waals surface area contributed by atoms with Gasteiger partial charge in [0.25, 0.3) is 0 Å². The van der Waals surface area contributed by atoms with Crippen molar-refractivity contribution < 1.29 is 27.8 Å². The van der Waals surface area contributed by atoms with Gasteiger partial charge >= 0.3 is 6.18 Å². The first-order chi connectivity index (χ1) is 15.6. The Bertz CT molecular complexity index is 1080. The number of hydrogen-bond acceptors (Lipinski definition) is 3. The Kier molecular flexibility index (Phi) is 6.87. The van der Waals surface area contributed by atoms with Crippen molar-refractivity contribution in [2.45, 2.75) is 45.2 Å². The van der Waals surface area contributed by atoms with Crippen LogP contribution in [-0.4, -0.2) is 24.1 Å². The van der Waals surface area contributed by atoms with Gasteiger partial charge in [-0.3, -0.25) is 4.79 Å². The average Bonchev–Trinajstić information content (AvgIpc) is 2.75. The Labute approximate surface area is 196 Å². The van der Waals surface area contributed by atoms with E-state index < -0.39 is 11.7 Å². The molecular weight excluding hydrogens is 453 g/mol. The third-order valence-electron chi connectivity index (χ3n) is 6.64. The molecule has 1 N–H and O–H groups in total. The maximum absolute atomic E-state index is 13.3. The van der Waals surface area contributed by atoms with Crippen molar-refractivity contribution in [3.8, 4) is 11.1 Å². The number of ketones is 1. The van der Waals surface area contributed by atoms with Gasteiger partial charge in [0.1, 0.15) is 5.76 Å². The number of alkyl halides is 3. The molecule has 1 heterocycles. The van der Waals surface area contributed by atoms with Crippen LogP contribution in [0, 0.1) is 18.8 Å². The molecule has 2 aromatic carbocycles. The van der Waals surface area contributed by atoms with Gasteiger partial charge in [0.15, 0.2) is 5.78 Å². The van der Waals surface area contributed by atoms with Crippen LogP contribution in [0.3, 0.4) is 0 Å². The van der Waals surface area contributed by atoms with Crippen LogP contribution in [0.2, 0.25) is 5.02 Å². The van der Waals surface area contributed by atoms with E-state index in [0.717, 1.165) is 44.1 Å². The number of aryl methyl sites for hydroxylation is 1. The molecule has 1 unspecified atom stereocenters. The Morgan fingerprint density at radius 2 is 1.70 bits per heavy atom. The van der Waals surface area contributed by atoms with Crippen LogP contribution in [0.15, 0.2) is 42.2 Å². The predicted molar refractivity (Wildman–Crippen MR) is 122 cm³/mol. The molecule has 1 aliphatic carbocycles. The number of ether oxygens (including phenoxy) is 1. The van der Waals surface area contributed by atoms with Crippen molar-refractivity contribution in [3.63, 3.8) is 0 Å². The first-order valence-electron chi connectivity index (χ1n) is 11.1. The monoisotopic (exact) mass is 478 g/mol. The molecule has 2 aliphatic rings. The van der Waals surface area contributed by atoms with Gasteiger partial charge in [-0.15, -0.1) is 0 Å². The lowest BCUT2D eigenvalue weighted by Crippen LogP contribution is -2.24. The van der Waals surface area contributed by atoms with E-state index in [1.54, 1.807) is 18.2 Å². The van der Waals surface area contributed by atoms with E-state index in [4.69, 9.17) is 16.3 Å². The zero-order valence-corrected chi connectivity index (χ0v) is 19.1. The highest BCUT2D eigenvalue weighted by atomic mass is 35.5. The summed E-state index contributed by atoms with van der Waals surface area (Å²) in [6.07, 6.45) is -0.939. The van der Waals surface area contributed by atoms with Gasteiger partial charge in [-0.25, -0.2) is 0 Å². The van der Waals surface area contributed by atoms with Crippen molar-refractivity contribution in [1.82, 2.24) is 0 Å². The van der Waals surface area contributed by atoms with Crippen molar-refractivity contribution in [1.29, 1.82) is 0 Å². The molecule has 176 valence electrons. The predicted octanol–water partition coefficient (Wildman–Crippen LogP) is 7.40. The minimum atomic E-state index is -4.57. The molecule has 7 heteroatoms. The van der Waals surface area contributed by atoms with E-state index >= 15 is 0 Å². The highest BCUT2D eigenvalue weighted by Gasteiger charge is 2.34. The normalized spacial score (nSPS) is 20.4. The van der Waals surface area contributed by atoms with E-state index in [1.165, 1.54) is 12.1 Å². The quantitative estimate of drug-likeness (QED) is 0.498. The van der Waals surface area contributed by atoms with Crippen LogP contribution < -0.4 is 0 Å². The second kappa shape index (κ2) is 9.51. The summed E-state index contributed by atoms with van der Waals surface area (Å²) in [7, 11) is 0. The lowest BCUT2D eigenvalue weighted by molar-refractivity contribution is -0.137. The van der Waals surface area contributed by atoms with E-state index in [9.17, 15) is 23.1 Å². The molecule has 0 spiro atoms. The first-order valence-corrected chi connectivity index (χ1v) is 11.5. The van der Waals surface area contributed by atoms with Gasteiger partial charge in [-0.2, -0.15) is 13.2 Å². The summed E-state index contributed by atoms with van der Waals surface area (Å²) in [4.78, 5) is 13.1. The average molecular weight is 479 g/mol. The van der Waals surface area contributed by atoms with Crippen molar-refractivity contribution in [2.75, 3.05) is 13.2 Å². The second-order valence-corrected chi connectivity index (χ2v) is 9.44. The van der Waals surface area contributed by atoms with Gasteiger partial charge in [-0.05, 0) is 78.5 Å². The van der Waals surface area contributed by atoms with Crippen LogP contribution >= 0.6 is 11.6 Å². The Morgan fingerprint density at radius 1 is 1.03 bits per heavy atom. The van der Waals surface area contributed by atoms with Crippen LogP contribution in [0.1, 0.15) is 48.8 Å². The number of rotatable bonds is 4. The molecule has 3 nitrogen and oxygen atoms in total. The fourth-order valence-electron chi connectivity index (χ4n) is 4.89. The van der Waals surface area contributed by atoms with Crippen LogP contribution in [-0.2, 0) is 15.7 Å². The van der Waals surface area contributed by atoms with E-state index in [0.29, 0.717) is 35.4 Å². The summed E-state index contributed by atoms with van der Waals surface area (Å²) in [5.41, 5.74) is 1.58. The minimum Gasteiger partial charge on any atom is -0.512 e. The molecule has 1 saturated heterocycles. The van der Waals surface area contributed by atoms with E-state index in [1.807, 2.05) is 6.92 Å². The van der Waals surface area contributed by atoms with Gasteiger partial charge in [-0.1, -0.05) is 29.8 Å². The van der Waals surface area contributed by atoms with Crippen molar-refractivity contribution in [2.24, 2.45) is 11.8 Å². The SMILES string of the molecule is Cc1ccc(-c2ccc(Cl)c(C(F)(F)F)c2)cc1C1=C(O)CC(CC2CCOCC2)CC1=O. The van der Waals surface area contributed by atoms with Crippen LogP contribution in [0.4, 0.5) is 13.2 Å². The number of carbonyl (C=O) groups is 1. The highest BCUT2D eigenvalue weighted by molar-refractivity contribution is 6.31. The molecule has 0 bridgehead atoms. The standard InChI is InChI=1S/C26H26ClF3O3/c1-15-2-3-18(19-4-5-22(27)21(14-19)26(28,29)30)13-20(15)25-23(31)11-17(12-24(25)32)10-16-6-8-33-9-7-16/h2-5,13-14,16-17,31H,6-12H2,1H3. The molecule has 33 heavy (non-hydrogen) atoms. The number of Topliss-reactive ketones (excluding diaryl/α,β-unsaturated/α-hetero) is 1. The molecular formula is C26H26ClF3O3. The zero-order chi connectivity index (χ0) is 23.8. The maximum atomic E-state index is 13.3. The molecule has 4 rings (SSSR count). The molecule has 0 saturated carbocycles. The molecule has 0 aromatic heterocycles. The first kappa shape index (κ1) is 23.8. The molecule has 0 amide bonds. The minimum absolute atomic E-state index is 0.0654. The summed E-state index contributed by atoms with van der Waals surface area (Å²) < 4.78 is 45.3. The number of aliphatic hydroxyl groups is 1. The fourth-order valence-corrected chi connectivity index (χ4v) is 5.12. The largest absolute Gasteiger partial charge is 0.512 e. The van der Waals surface area contributed by atoms with E-state index in [2.05, 4.69) is 0 Å². The zero-order valence-electron chi connectivity index (χ0n) is 18.3. The number of carbonyl (C=O) groups excluding carboxylic acids is 1. The number of hydrogen-bond donors (Lipinski definition) is 1. The Balaban J connectivity index is 1.64. The lowest BCUT2D eigenvalue weighted by atomic mass is 9.77. The molecule has 2 aromatic rings. The number of benzene rings is 2. The van der Waals surface area contributed by atoms with Crippen molar-refractivity contribution in [3.05, 3.63) is 63.9 Å². The fraction of sp³-hybridized carbons (Fsp3) is 0.423. The van der Waals surface area contributed by atoms with Crippen molar-refractivity contribution >= 4 is 23.0 Å². The van der Waals surface area contributed by atoms with Gasteiger partial charge in [0, 0.05) is 26.1 Å². The maximum Gasteiger partial charge on any atom is 0.417 e. The van der Waals surface area contributed by atoms with Crippen LogP contribution in [0.5, 0.6) is 0 Å². The molecule has 1 fully saturated rings. The number of aliphatic hydroxyl groups excluding tert-OH is 1. The Morgan fingerprint density at radius 3 is 2.36 bits per heavy atom. The van der Waals surface area contributed by atoms with Crippen LogP contribution in [0.25, 0.3) is 16.7 Å². The third kappa shape index (κ3) is 5.28. The second-order valence-electron chi connectivity index (χ2n) is 9.03. The summed E-state index contributed by atoms with van der Waals surface area (Å²) in [6, 6.07) is 8.91. The third-order valence-corrected chi connectivity index (χ3v) is 6.97. The summed E-state index contributed by atoms with van der Waals surface area (Å²) >= 11 is 5.76. The molecule has 1 aliphatic heterocycles. The summed E-state index contributed by atoms with van der Waals surface area (Å²) in [5.74, 6) is 0.543. The number of halogens is 4. The van der Waals surface area contributed by atoms with Gasteiger partial charge < -0.3 is 9.84 Å². The van der Waals surface area contributed by atoms with Gasteiger partial charge in [0.2, 0.25) is 0 Å². The Hall–Kier alpha value is -2.31. The number of allylic oxidation sites excluding steroid dienone is 2.